The topological polar surface area (TPSA) is 114 Å². The highest BCUT2D eigenvalue weighted by Gasteiger charge is 2.08. The monoisotopic (exact) mass is 377 g/mol. The Morgan fingerprint density at radius 1 is 1.36 bits per heavy atom. The lowest BCUT2D eigenvalue weighted by molar-refractivity contribution is -0.384. The second-order valence-electron chi connectivity index (χ2n) is 4.92. The molecular weight excluding hydrogens is 362 g/mol. The van der Waals surface area contributed by atoms with Crippen LogP contribution in [0.15, 0.2) is 42.6 Å². The predicted octanol–water partition coefficient (Wildman–Crippen LogP) is 2.96. The number of hydrazine groups is 1. The molecule has 3 N–H and O–H groups in total. The maximum Gasteiger partial charge on any atom is 0.269 e. The van der Waals surface area contributed by atoms with Gasteiger partial charge < -0.3 is 5.32 Å². The molecule has 0 fully saturated rings. The van der Waals surface area contributed by atoms with Gasteiger partial charge in [0.25, 0.3) is 5.69 Å². The van der Waals surface area contributed by atoms with E-state index in [1.807, 2.05) is 0 Å². The Labute approximate surface area is 153 Å². The number of anilines is 2. The smallest absolute Gasteiger partial charge is 0.269 e. The van der Waals surface area contributed by atoms with Gasteiger partial charge in [0.15, 0.2) is 5.78 Å². The van der Waals surface area contributed by atoms with Gasteiger partial charge in [-0.05, 0) is 24.3 Å². The lowest BCUT2D eigenvalue weighted by Crippen LogP contribution is -2.31. The summed E-state index contributed by atoms with van der Waals surface area (Å²) in [7, 11) is 0. The van der Waals surface area contributed by atoms with E-state index in [1.54, 1.807) is 24.3 Å². The Kier molecular flexibility index (Phi) is 6.39. The molecule has 2 rings (SSSR count). The quantitative estimate of drug-likeness (QED) is 0.196. The summed E-state index contributed by atoms with van der Waals surface area (Å²) in [5.41, 5.74) is 1.69. The standard InChI is InChI=1S/C15H15N5O3S2/c1-10(21)14-7-6-13(8-17-14)19(16)9-25-15(24)18-11-2-4-12(5-3-11)20(22)23/h2-8H,9,16H2,1H3,(H,18,24). The Morgan fingerprint density at radius 2 is 2.04 bits per heavy atom. The molecule has 0 amide bonds. The number of carbonyl (C=O) groups is 1. The van der Waals surface area contributed by atoms with E-state index in [0.717, 1.165) is 0 Å². The molecule has 1 heterocycles. The van der Waals surface area contributed by atoms with Crippen LogP contribution in [0.3, 0.4) is 0 Å². The van der Waals surface area contributed by atoms with Crippen LogP contribution in [-0.2, 0) is 0 Å². The molecule has 0 unspecified atom stereocenters. The predicted molar refractivity (Wildman–Crippen MR) is 103 cm³/mol. The number of Topliss-reactive ketones (excluding diaryl/α,β-unsaturated/α-hetero) is 1. The zero-order chi connectivity index (χ0) is 18.4. The van der Waals surface area contributed by atoms with Crippen molar-refractivity contribution in [2.24, 2.45) is 5.84 Å². The maximum absolute atomic E-state index is 11.2. The minimum atomic E-state index is -0.464. The average Bonchev–Trinajstić information content (AvgIpc) is 2.60. The third-order valence-corrected chi connectivity index (χ3v) is 4.33. The number of ketones is 1. The van der Waals surface area contributed by atoms with Crippen molar-refractivity contribution in [2.45, 2.75) is 6.92 Å². The second-order valence-corrected chi connectivity index (χ2v) is 6.54. The van der Waals surface area contributed by atoms with Gasteiger partial charge in [0.05, 0.1) is 22.7 Å². The molecule has 0 atom stereocenters. The van der Waals surface area contributed by atoms with Crippen LogP contribution in [0.4, 0.5) is 17.1 Å². The van der Waals surface area contributed by atoms with Crippen LogP contribution in [0.1, 0.15) is 17.4 Å². The summed E-state index contributed by atoms with van der Waals surface area (Å²) in [5, 5.41) is 15.0. The van der Waals surface area contributed by atoms with Crippen molar-refractivity contribution in [3.63, 3.8) is 0 Å². The number of rotatable bonds is 6. The average molecular weight is 377 g/mol. The van der Waals surface area contributed by atoms with E-state index >= 15 is 0 Å². The summed E-state index contributed by atoms with van der Waals surface area (Å²) in [4.78, 5) is 25.4. The molecule has 0 saturated heterocycles. The second kappa shape index (κ2) is 8.51. The number of nitro groups is 1. The van der Waals surface area contributed by atoms with Crippen molar-refractivity contribution >= 4 is 51.1 Å². The van der Waals surface area contributed by atoms with E-state index in [9.17, 15) is 14.9 Å². The fourth-order valence-electron chi connectivity index (χ4n) is 1.79. The molecule has 0 bridgehead atoms. The van der Waals surface area contributed by atoms with Crippen molar-refractivity contribution in [3.05, 3.63) is 58.4 Å². The molecule has 8 nitrogen and oxygen atoms in total. The van der Waals surface area contributed by atoms with Gasteiger partial charge in [-0.15, -0.1) is 0 Å². The van der Waals surface area contributed by atoms with Crippen LogP contribution in [0, 0.1) is 10.1 Å². The first-order valence-corrected chi connectivity index (χ1v) is 8.43. The van der Waals surface area contributed by atoms with Crippen LogP contribution in [-0.4, -0.2) is 25.9 Å². The highest BCUT2D eigenvalue weighted by molar-refractivity contribution is 8.23. The molecule has 10 heteroatoms. The zero-order valence-electron chi connectivity index (χ0n) is 13.2. The number of nitrogens with zero attached hydrogens (tertiary/aromatic N) is 3. The molecule has 25 heavy (non-hydrogen) atoms. The van der Waals surface area contributed by atoms with Gasteiger partial charge >= 0.3 is 0 Å². The number of benzene rings is 1. The normalized spacial score (nSPS) is 10.2. The summed E-state index contributed by atoms with van der Waals surface area (Å²) in [6.07, 6.45) is 1.52. The summed E-state index contributed by atoms with van der Waals surface area (Å²) >= 11 is 6.51. The van der Waals surface area contributed by atoms with Crippen LogP contribution in [0.2, 0.25) is 0 Å². The van der Waals surface area contributed by atoms with Gasteiger partial charge in [0.1, 0.15) is 10.0 Å². The number of nitro benzene ring substituents is 1. The Hall–Kier alpha value is -2.56. The molecule has 0 aliphatic carbocycles. The lowest BCUT2D eigenvalue weighted by Gasteiger charge is -2.18. The van der Waals surface area contributed by atoms with Gasteiger partial charge in [-0.2, -0.15) is 0 Å². The summed E-state index contributed by atoms with van der Waals surface area (Å²) in [6, 6.07) is 9.26. The summed E-state index contributed by atoms with van der Waals surface area (Å²) < 4.78 is 0.470. The van der Waals surface area contributed by atoms with Gasteiger partial charge in [0, 0.05) is 24.7 Å². The fraction of sp³-hybridized carbons (Fsp3) is 0.133. The highest BCUT2D eigenvalue weighted by Crippen LogP contribution is 2.19. The van der Waals surface area contributed by atoms with Crippen LogP contribution >= 0.6 is 24.0 Å². The maximum atomic E-state index is 11.2. The minimum Gasteiger partial charge on any atom is -0.341 e. The van der Waals surface area contributed by atoms with Crippen LogP contribution in [0.5, 0.6) is 0 Å². The van der Waals surface area contributed by atoms with E-state index in [4.69, 9.17) is 18.1 Å². The van der Waals surface area contributed by atoms with Crippen molar-refractivity contribution < 1.29 is 9.72 Å². The molecule has 2 aromatic rings. The number of pyridine rings is 1. The molecule has 1 aromatic heterocycles. The van der Waals surface area contributed by atoms with Gasteiger partial charge in [0.2, 0.25) is 0 Å². The molecule has 130 valence electrons. The third kappa shape index (κ3) is 5.48. The Balaban J connectivity index is 1.86. The largest absolute Gasteiger partial charge is 0.341 e. The van der Waals surface area contributed by atoms with Gasteiger partial charge in [-0.3, -0.25) is 24.9 Å². The molecule has 0 spiro atoms. The number of nitrogens with one attached hydrogen (secondary N) is 1. The van der Waals surface area contributed by atoms with Crippen LogP contribution < -0.4 is 16.2 Å². The lowest BCUT2D eigenvalue weighted by atomic mass is 10.2. The summed E-state index contributed by atoms with van der Waals surface area (Å²) in [6.45, 7) is 1.44. The van der Waals surface area contributed by atoms with Crippen molar-refractivity contribution in [3.8, 4) is 0 Å². The van der Waals surface area contributed by atoms with Crippen LogP contribution in [0.25, 0.3) is 0 Å². The number of aromatic nitrogens is 1. The first-order chi connectivity index (χ1) is 11.9. The van der Waals surface area contributed by atoms with Crippen molar-refractivity contribution in [2.75, 3.05) is 16.2 Å². The van der Waals surface area contributed by atoms with Crippen molar-refractivity contribution in [1.82, 2.24) is 4.98 Å². The molecule has 0 saturated carbocycles. The van der Waals surface area contributed by atoms with Crippen molar-refractivity contribution in [1.29, 1.82) is 0 Å². The minimum absolute atomic E-state index is 0.0127. The molecular formula is C15H15N5O3S2. The zero-order valence-corrected chi connectivity index (χ0v) is 14.8. The molecule has 0 radical (unpaired) electrons. The SMILES string of the molecule is CC(=O)c1ccc(N(N)CSC(=S)Nc2ccc([N+](=O)[O-])cc2)cn1. The molecule has 0 aliphatic rings. The number of thiocarbonyl (C=S) groups is 1. The molecule has 0 aliphatic heterocycles. The van der Waals surface area contributed by atoms with E-state index in [2.05, 4.69) is 10.3 Å². The van der Waals surface area contributed by atoms with E-state index < -0.39 is 4.92 Å². The first kappa shape index (κ1) is 18.8. The van der Waals surface area contributed by atoms with Gasteiger partial charge in [-0.1, -0.05) is 24.0 Å². The fourth-order valence-corrected chi connectivity index (χ4v) is 2.66. The first-order valence-electron chi connectivity index (χ1n) is 7.04. The number of non-ortho nitro benzene ring substituents is 1. The number of carbonyl (C=O) groups excluding carboxylic acids is 1. The van der Waals surface area contributed by atoms with E-state index in [-0.39, 0.29) is 11.5 Å². The Morgan fingerprint density at radius 3 is 2.56 bits per heavy atom. The third-order valence-electron chi connectivity index (χ3n) is 3.10. The van der Waals surface area contributed by atoms with E-state index in [0.29, 0.717) is 27.3 Å². The number of nitrogens with two attached hydrogens (primary N) is 1. The van der Waals surface area contributed by atoms with E-state index in [1.165, 1.54) is 42.0 Å². The number of hydrogen-bond donors (Lipinski definition) is 2. The highest BCUT2D eigenvalue weighted by atomic mass is 32.2. The number of thioether (sulfide) groups is 1. The van der Waals surface area contributed by atoms with Gasteiger partial charge in [-0.25, -0.2) is 5.84 Å². The Bertz CT molecular complexity index is 781. The number of hydrogen-bond acceptors (Lipinski definition) is 8. The molecule has 1 aromatic carbocycles. The summed E-state index contributed by atoms with van der Waals surface area (Å²) in [5.74, 6) is 6.19.